The lowest BCUT2D eigenvalue weighted by Gasteiger charge is -2.35. The summed E-state index contributed by atoms with van der Waals surface area (Å²) in [5, 5.41) is 36.2. The first-order chi connectivity index (χ1) is 8.02. The molecule has 0 bridgehead atoms. The lowest BCUT2D eigenvalue weighted by molar-refractivity contribution is -0.128. The van der Waals surface area contributed by atoms with E-state index >= 15 is 0 Å². The average molecular weight is 226 g/mol. The van der Waals surface area contributed by atoms with Gasteiger partial charge in [0.25, 0.3) is 0 Å². The Hall–Kier alpha value is -2.37. The lowest BCUT2D eigenvalue weighted by Crippen LogP contribution is -2.45. The van der Waals surface area contributed by atoms with E-state index in [-0.39, 0.29) is 5.78 Å². The molecule has 0 N–H and O–H groups in total. The van der Waals surface area contributed by atoms with E-state index in [1.165, 1.54) is 6.92 Å². The zero-order valence-electron chi connectivity index (χ0n) is 9.40. The van der Waals surface area contributed by atoms with Gasteiger partial charge in [-0.3, -0.25) is 4.79 Å². The van der Waals surface area contributed by atoms with Crippen LogP contribution in [0.1, 0.15) is 26.2 Å². The van der Waals surface area contributed by atoms with Gasteiger partial charge < -0.3 is 0 Å². The molecule has 1 aliphatic carbocycles. The second-order valence-electron chi connectivity index (χ2n) is 4.33. The van der Waals surface area contributed by atoms with Gasteiger partial charge in [0.2, 0.25) is 0 Å². The van der Waals surface area contributed by atoms with Crippen molar-refractivity contribution in [2.75, 3.05) is 0 Å². The molecule has 0 saturated heterocycles. The fourth-order valence-electron chi connectivity index (χ4n) is 2.38. The second kappa shape index (κ2) is 4.25. The Labute approximate surface area is 99.5 Å². The first kappa shape index (κ1) is 12.7. The fraction of sp³-hybridized carbons (Fsp3) is 0.583. The molecular formula is C12H10N4O. The maximum Gasteiger partial charge on any atom is 0.184 e. The van der Waals surface area contributed by atoms with Crippen molar-refractivity contribution >= 4 is 5.78 Å². The lowest BCUT2D eigenvalue weighted by atomic mass is 9.59. The van der Waals surface area contributed by atoms with Crippen LogP contribution in [0.5, 0.6) is 0 Å². The van der Waals surface area contributed by atoms with E-state index in [0.29, 0.717) is 19.3 Å². The van der Waals surface area contributed by atoms with Crippen molar-refractivity contribution in [3.63, 3.8) is 0 Å². The number of Topliss-reactive ketones (excluding diaryl/α,β-unsaturated/α-hetero) is 1. The van der Waals surface area contributed by atoms with Crippen molar-refractivity contribution in [1.82, 2.24) is 0 Å². The van der Waals surface area contributed by atoms with Gasteiger partial charge in [0.15, 0.2) is 11.3 Å². The SMILES string of the molecule is C[C@]1(C(C#N)(C#N)C(C#N)C#N)CCCC1=O. The zero-order valence-corrected chi connectivity index (χ0v) is 9.40. The molecule has 5 nitrogen and oxygen atoms in total. The minimum Gasteiger partial charge on any atom is -0.299 e. The first-order valence-electron chi connectivity index (χ1n) is 5.17. The molecular weight excluding hydrogens is 216 g/mol. The summed E-state index contributed by atoms with van der Waals surface area (Å²) in [4.78, 5) is 11.9. The third kappa shape index (κ3) is 1.45. The monoisotopic (exact) mass is 226 g/mol. The topological polar surface area (TPSA) is 112 Å². The molecule has 0 amide bonds. The molecule has 17 heavy (non-hydrogen) atoms. The Balaban J connectivity index is 3.45. The third-order valence-corrected chi connectivity index (χ3v) is 3.61. The molecule has 84 valence electrons. The van der Waals surface area contributed by atoms with Crippen LogP contribution in [0.15, 0.2) is 0 Å². The maximum absolute atomic E-state index is 11.9. The van der Waals surface area contributed by atoms with Crippen LogP contribution in [-0.2, 0) is 4.79 Å². The van der Waals surface area contributed by atoms with Gasteiger partial charge in [0, 0.05) is 6.42 Å². The smallest absolute Gasteiger partial charge is 0.184 e. The Bertz CT molecular complexity index is 483. The first-order valence-corrected chi connectivity index (χ1v) is 5.17. The van der Waals surface area contributed by atoms with Crippen LogP contribution in [0.3, 0.4) is 0 Å². The zero-order chi connectivity index (χ0) is 13.1. The highest BCUT2D eigenvalue weighted by atomic mass is 16.1. The van der Waals surface area contributed by atoms with E-state index in [9.17, 15) is 15.3 Å². The average Bonchev–Trinajstić information content (AvgIpc) is 2.68. The second-order valence-corrected chi connectivity index (χ2v) is 4.33. The number of carbonyl (C=O) groups excluding carboxylic acids is 1. The Morgan fingerprint density at radius 2 is 1.76 bits per heavy atom. The Morgan fingerprint density at radius 3 is 2.06 bits per heavy atom. The standard InChI is InChI=1S/C12H10N4O/c1-11(4-2-3-10(11)17)12(7-15,8-16)9(5-13)6-14/h9H,2-4H2,1H3/t11-/m0/s1. The van der Waals surface area contributed by atoms with Crippen LogP contribution in [0.4, 0.5) is 0 Å². The highest BCUT2D eigenvalue weighted by Gasteiger charge is 2.60. The van der Waals surface area contributed by atoms with Crippen LogP contribution >= 0.6 is 0 Å². The number of ketones is 1. The summed E-state index contributed by atoms with van der Waals surface area (Å²) in [6.45, 7) is 1.51. The van der Waals surface area contributed by atoms with E-state index in [4.69, 9.17) is 10.5 Å². The molecule has 1 fully saturated rings. The summed E-state index contributed by atoms with van der Waals surface area (Å²) in [5.74, 6) is -1.62. The van der Waals surface area contributed by atoms with Crippen molar-refractivity contribution in [2.24, 2.45) is 16.7 Å². The van der Waals surface area contributed by atoms with E-state index in [0.717, 1.165) is 0 Å². The molecule has 1 atom stereocenters. The van der Waals surface area contributed by atoms with Crippen molar-refractivity contribution in [2.45, 2.75) is 26.2 Å². The Kier molecular flexibility index (Phi) is 3.17. The molecule has 0 unspecified atom stereocenters. The van der Waals surface area contributed by atoms with Gasteiger partial charge in [-0.15, -0.1) is 0 Å². The molecule has 0 heterocycles. The number of rotatable bonds is 2. The summed E-state index contributed by atoms with van der Waals surface area (Å²) >= 11 is 0. The summed E-state index contributed by atoms with van der Waals surface area (Å²) in [7, 11) is 0. The van der Waals surface area contributed by atoms with E-state index < -0.39 is 16.7 Å². The van der Waals surface area contributed by atoms with Gasteiger partial charge in [-0.05, 0) is 19.8 Å². The Morgan fingerprint density at radius 1 is 1.24 bits per heavy atom. The third-order valence-electron chi connectivity index (χ3n) is 3.61. The summed E-state index contributed by atoms with van der Waals surface area (Å²) in [5.41, 5.74) is -3.09. The van der Waals surface area contributed by atoms with Gasteiger partial charge in [-0.1, -0.05) is 0 Å². The van der Waals surface area contributed by atoms with Crippen molar-refractivity contribution in [3.05, 3.63) is 0 Å². The largest absolute Gasteiger partial charge is 0.299 e. The molecule has 1 rings (SSSR count). The number of nitriles is 4. The summed E-state index contributed by atoms with van der Waals surface area (Å²) in [6.07, 6.45) is 1.25. The van der Waals surface area contributed by atoms with Gasteiger partial charge in [-0.25, -0.2) is 0 Å². The van der Waals surface area contributed by atoms with Gasteiger partial charge in [-0.2, -0.15) is 21.0 Å². The normalized spacial score (nSPS) is 23.5. The van der Waals surface area contributed by atoms with Crippen molar-refractivity contribution < 1.29 is 4.79 Å². The van der Waals surface area contributed by atoms with Gasteiger partial charge in [0.05, 0.1) is 29.7 Å². The van der Waals surface area contributed by atoms with Crippen molar-refractivity contribution in [1.29, 1.82) is 21.0 Å². The highest BCUT2D eigenvalue weighted by Crippen LogP contribution is 2.52. The molecule has 0 aromatic heterocycles. The van der Waals surface area contributed by atoms with Crippen molar-refractivity contribution in [3.8, 4) is 24.3 Å². The number of hydrogen-bond donors (Lipinski definition) is 0. The molecule has 1 saturated carbocycles. The minimum absolute atomic E-state index is 0.212. The fourth-order valence-corrected chi connectivity index (χ4v) is 2.38. The van der Waals surface area contributed by atoms with E-state index in [1.54, 1.807) is 24.3 Å². The summed E-state index contributed by atoms with van der Waals surface area (Å²) in [6, 6.07) is 6.82. The molecule has 0 aliphatic heterocycles. The molecule has 0 spiro atoms. The predicted octanol–water partition coefficient (Wildman–Crippen LogP) is 1.44. The van der Waals surface area contributed by atoms with Crippen LogP contribution in [-0.4, -0.2) is 5.78 Å². The van der Waals surface area contributed by atoms with Crippen LogP contribution in [0, 0.1) is 62.1 Å². The maximum atomic E-state index is 11.9. The van der Waals surface area contributed by atoms with E-state index in [1.807, 2.05) is 0 Å². The molecule has 5 heteroatoms. The van der Waals surface area contributed by atoms with Crippen LogP contribution in [0.25, 0.3) is 0 Å². The number of nitrogens with zero attached hydrogens (tertiary/aromatic N) is 4. The van der Waals surface area contributed by atoms with Gasteiger partial charge in [0.1, 0.15) is 5.78 Å². The molecule has 1 aliphatic rings. The van der Waals surface area contributed by atoms with Gasteiger partial charge >= 0.3 is 0 Å². The van der Waals surface area contributed by atoms with Crippen LogP contribution in [0.2, 0.25) is 0 Å². The quantitative estimate of drug-likeness (QED) is 0.706. The minimum atomic E-state index is -1.87. The summed E-state index contributed by atoms with van der Waals surface area (Å²) < 4.78 is 0. The number of hydrogen-bond acceptors (Lipinski definition) is 5. The predicted molar refractivity (Wildman–Crippen MR) is 55.3 cm³/mol. The van der Waals surface area contributed by atoms with Crippen LogP contribution < -0.4 is 0 Å². The highest BCUT2D eigenvalue weighted by molar-refractivity contribution is 5.88. The molecule has 0 aromatic rings. The molecule has 0 radical (unpaired) electrons. The number of carbonyl (C=O) groups is 1. The molecule has 0 aromatic carbocycles. The van der Waals surface area contributed by atoms with E-state index in [2.05, 4.69) is 0 Å².